The van der Waals surface area contributed by atoms with Crippen LogP contribution in [0.4, 0.5) is 5.13 Å². The fraction of sp³-hybridized carbons (Fsp3) is 0.737. The first-order valence-electron chi connectivity index (χ1n) is 9.49. The normalized spacial score (nSPS) is 21.3. The van der Waals surface area contributed by atoms with Crippen LogP contribution in [0.15, 0.2) is 0 Å². The van der Waals surface area contributed by atoms with Crippen molar-refractivity contribution in [1.29, 1.82) is 0 Å². The van der Waals surface area contributed by atoms with Gasteiger partial charge in [-0.2, -0.15) is 0 Å². The molecular formula is C19H29N3O2S. The Bertz CT molecular complexity index is 633. The number of aromatic nitrogens is 1. The Kier molecular flexibility index (Phi) is 5.77. The van der Waals surface area contributed by atoms with Gasteiger partial charge in [-0.05, 0) is 43.9 Å². The van der Waals surface area contributed by atoms with Crippen LogP contribution in [0.1, 0.15) is 57.0 Å². The highest BCUT2D eigenvalue weighted by molar-refractivity contribution is 7.15. The number of aryl methyl sites for hydroxylation is 1. The lowest BCUT2D eigenvalue weighted by molar-refractivity contribution is -0.135. The van der Waals surface area contributed by atoms with Crippen molar-refractivity contribution >= 4 is 28.3 Å². The highest BCUT2D eigenvalue weighted by atomic mass is 32.1. The summed E-state index contributed by atoms with van der Waals surface area (Å²) in [5.74, 6) is 1.43. The largest absolute Gasteiger partial charge is 0.342 e. The molecule has 1 aliphatic heterocycles. The topological polar surface area (TPSA) is 62.3 Å². The summed E-state index contributed by atoms with van der Waals surface area (Å²) in [4.78, 5) is 32.3. The van der Waals surface area contributed by atoms with Crippen molar-refractivity contribution in [3.05, 3.63) is 10.6 Å². The van der Waals surface area contributed by atoms with E-state index >= 15 is 0 Å². The number of nitrogens with one attached hydrogen (secondary N) is 1. The molecule has 0 spiro atoms. The molecule has 6 heteroatoms. The van der Waals surface area contributed by atoms with Crippen LogP contribution in [-0.2, 0) is 22.4 Å². The highest BCUT2D eigenvalue weighted by Crippen LogP contribution is 2.32. The van der Waals surface area contributed by atoms with E-state index in [9.17, 15) is 9.59 Å². The number of fused-ring (bicyclic) bond motifs is 1. The maximum Gasteiger partial charge on any atom is 0.226 e. The molecular weight excluding hydrogens is 334 g/mol. The number of anilines is 1. The van der Waals surface area contributed by atoms with Crippen molar-refractivity contribution in [2.75, 3.05) is 18.4 Å². The summed E-state index contributed by atoms with van der Waals surface area (Å²) in [5, 5.41) is 3.76. The zero-order valence-corrected chi connectivity index (χ0v) is 16.3. The van der Waals surface area contributed by atoms with E-state index in [2.05, 4.69) is 17.2 Å². The lowest BCUT2D eigenvalue weighted by Crippen LogP contribution is -2.41. The molecule has 2 aliphatic rings. The van der Waals surface area contributed by atoms with Gasteiger partial charge in [0, 0.05) is 30.3 Å². The average Bonchev–Trinajstić information content (AvgIpc) is 2.95. The summed E-state index contributed by atoms with van der Waals surface area (Å²) in [7, 11) is 0. The maximum atomic E-state index is 12.4. The second-order valence-corrected chi connectivity index (χ2v) is 9.00. The third-order valence-electron chi connectivity index (χ3n) is 5.33. The van der Waals surface area contributed by atoms with Crippen LogP contribution < -0.4 is 5.32 Å². The van der Waals surface area contributed by atoms with Crippen molar-refractivity contribution in [1.82, 2.24) is 9.88 Å². The molecule has 0 bridgehead atoms. The summed E-state index contributed by atoms with van der Waals surface area (Å²) >= 11 is 1.64. The number of thiazole rings is 1. The predicted octanol–water partition coefficient (Wildman–Crippen LogP) is 3.49. The fourth-order valence-electron chi connectivity index (χ4n) is 3.75. The molecule has 138 valence electrons. The maximum absolute atomic E-state index is 12.4. The number of likely N-dealkylation sites (tertiary alicyclic amines) is 1. The van der Waals surface area contributed by atoms with Crippen molar-refractivity contribution < 1.29 is 9.59 Å². The van der Waals surface area contributed by atoms with E-state index in [-0.39, 0.29) is 17.7 Å². The molecule has 1 aromatic heterocycles. The minimum atomic E-state index is 0.0542. The zero-order chi connectivity index (χ0) is 18.0. The quantitative estimate of drug-likeness (QED) is 0.891. The van der Waals surface area contributed by atoms with Gasteiger partial charge in [0.05, 0.1) is 5.69 Å². The molecule has 0 radical (unpaired) electrons. The van der Waals surface area contributed by atoms with Gasteiger partial charge >= 0.3 is 0 Å². The molecule has 1 atom stereocenters. The smallest absolute Gasteiger partial charge is 0.226 e. The molecule has 0 unspecified atom stereocenters. The number of rotatable bonds is 4. The number of carbonyl (C=O) groups excluding carboxylic acids is 2. The Morgan fingerprint density at radius 3 is 2.68 bits per heavy atom. The van der Waals surface area contributed by atoms with Crippen molar-refractivity contribution in [2.24, 2.45) is 17.8 Å². The molecule has 25 heavy (non-hydrogen) atoms. The van der Waals surface area contributed by atoms with Gasteiger partial charge in [0.2, 0.25) is 11.8 Å². The van der Waals surface area contributed by atoms with Crippen LogP contribution in [0.3, 0.4) is 0 Å². The number of hydrogen-bond donors (Lipinski definition) is 1. The van der Waals surface area contributed by atoms with E-state index in [0.29, 0.717) is 12.3 Å². The Morgan fingerprint density at radius 1 is 1.28 bits per heavy atom. The first-order chi connectivity index (χ1) is 11.9. The van der Waals surface area contributed by atoms with Gasteiger partial charge in [0.25, 0.3) is 0 Å². The molecule has 1 fully saturated rings. The number of nitrogens with zero attached hydrogens (tertiary/aromatic N) is 2. The van der Waals surface area contributed by atoms with E-state index in [0.717, 1.165) is 49.8 Å². The summed E-state index contributed by atoms with van der Waals surface area (Å²) in [6, 6.07) is 0. The second kappa shape index (κ2) is 7.85. The number of amides is 2. The lowest BCUT2D eigenvalue weighted by Gasteiger charge is -2.32. The number of hydrogen-bond acceptors (Lipinski definition) is 4. The Labute approximate surface area is 154 Å². The minimum absolute atomic E-state index is 0.0542. The Balaban J connectivity index is 1.47. The van der Waals surface area contributed by atoms with E-state index in [1.807, 2.05) is 18.7 Å². The van der Waals surface area contributed by atoms with Crippen LogP contribution in [0, 0.1) is 17.8 Å². The van der Waals surface area contributed by atoms with Gasteiger partial charge in [0.15, 0.2) is 5.13 Å². The van der Waals surface area contributed by atoms with E-state index in [1.54, 1.807) is 11.3 Å². The SMILES string of the molecule is CC(C)C(=O)N1CCC(CC(=O)Nc2nc3c(s2)C[C@@H](C)CC3)CC1. The summed E-state index contributed by atoms with van der Waals surface area (Å²) in [6.07, 6.45) is 5.67. The summed E-state index contributed by atoms with van der Waals surface area (Å²) in [6.45, 7) is 7.71. The Hall–Kier alpha value is -1.43. The molecule has 5 nitrogen and oxygen atoms in total. The van der Waals surface area contributed by atoms with Gasteiger partial charge in [0.1, 0.15) is 0 Å². The van der Waals surface area contributed by atoms with E-state index < -0.39 is 0 Å². The monoisotopic (exact) mass is 363 g/mol. The van der Waals surface area contributed by atoms with Crippen molar-refractivity contribution in [3.8, 4) is 0 Å². The van der Waals surface area contributed by atoms with E-state index in [1.165, 1.54) is 17.0 Å². The molecule has 2 amide bonds. The van der Waals surface area contributed by atoms with Crippen LogP contribution in [0.2, 0.25) is 0 Å². The molecule has 0 saturated carbocycles. The summed E-state index contributed by atoms with van der Waals surface area (Å²) < 4.78 is 0. The third kappa shape index (κ3) is 4.60. The van der Waals surface area contributed by atoms with Crippen molar-refractivity contribution in [2.45, 2.75) is 59.3 Å². The van der Waals surface area contributed by atoms with Gasteiger partial charge in [-0.3, -0.25) is 9.59 Å². The van der Waals surface area contributed by atoms with Crippen LogP contribution in [0.5, 0.6) is 0 Å². The molecule has 3 rings (SSSR count). The Morgan fingerprint density at radius 2 is 2.00 bits per heavy atom. The second-order valence-electron chi connectivity index (χ2n) is 7.91. The van der Waals surface area contributed by atoms with Crippen molar-refractivity contribution in [3.63, 3.8) is 0 Å². The summed E-state index contributed by atoms with van der Waals surface area (Å²) in [5.41, 5.74) is 1.18. The first-order valence-corrected chi connectivity index (χ1v) is 10.3. The van der Waals surface area contributed by atoms with Gasteiger partial charge in [-0.1, -0.05) is 20.8 Å². The zero-order valence-electron chi connectivity index (χ0n) is 15.5. The molecule has 1 aliphatic carbocycles. The molecule has 1 N–H and O–H groups in total. The molecule has 1 saturated heterocycles. The van der Waals surface area contributed by atoms with Gasteiger partial charge < -0.3 is 10.2 Å². The van der Waals surface area contributed by atoms with Gasteiger partial charge in [-0.25, -0.2) is 4.98 Å². The number of piperidine rings is 1. The first kappa shape index (κ1) is 18.4. The minimum Gasteiger partial charge on any atom is -0.342 e. The fourth-order valence-corrected chi connectivity index (χ4v) is 4.94. The van der Waals surface area contributed by atoms with Gasteiger partial charge in [-0.15, -0.1) is 11.3 Å². The molecule has 1 aromatic rings. The highest BCUT2D eigenvalue weighted by Gasteiger charge is 2.26. The van der Waals surface area contributed by atoms with Crippen LogP contribution in [0.25, 0.3) is 0 Å². The van der Waals surface area contributed by atoms with E-state index in [4.69, 9.17) is 0 Å². The lowest BCUT2D eigenvalue weighted by atomic mass is 9.92. The molecule has 0 aromatic carbocycles. The average molecular weight is 364 g/mol. The predicted molar refractivity (Wildman–Crippen MR) is 101 cm³/mol. The van der Waals surface area contributed by atoms with Crippen LogP contribution in [-0.4, -0.2) is 34.8 Å². The third-order valence-corrected chi connectivity index (χ3v) is 6.36. The molecule has 2 heterocycles. The number of carbonyl (C=O) groups is 2. The standard InChI is InChI=1S/C19H29N3O2S/c1-12(2)18(24)22-8-6-14(7-9-22)11-17(23)21-19-20-15-5-4-13(3)10-16(15)25-19/h12-14H,4-11H2,1-3H3,(H,20,21,23)/t13-/m0/s1. The van der Waals surface area contributed by atoms with Crippen LogP contribution >= 0.6 is 11.3 Å².